The molecule has 6 heteroatoms. The third kappa shape index (κ3) is 2.76. The maximum atomic E-state index is 12.8. The van der Waals surface area contributed by atoms with E-state index in [1.54, 1.807) is 24.3 Å². The normalized spacial score (nSPS) is 11.3. The summed E-state index contributed by atoms with van der Waals surface area (Å²) in [6.07, 6.45) is -3.12. The van der Waals surface area contributed by atoms with Gasteiger partial charge < -0.3 is 0 Å². The molecule has 0 saturated heterocycles. The Morgan fingerprint density at radius 3 is 2.58 bits per heavy atom. The molecule has 0 atom stereocenters. The van der Waals surface area contributed by atoms with Crippen molar-refractivity contribution in [3.8, 4) is 6.07 Å². The summed E-state index contributed by atoms with van der Waals surface area (Å²) >= 11 is 0. The maximum absolute atomic E-state index is 12.8. The molecule has 0 radical (unpaired) electrons. The SMILES string of the molecule is Cn1cc(Cc2ccccc2C#N)c(C(F)(F)F)n1. The van der Waals surface area contributed by atoms with Gasteiger partial charge in [0.1, 0.15) is 0 Å². The highest BCUT2D eigenvalue weighted by molar-refractivity contribution is 5.41. The van der Waals surface area contributed by atoms with E-state index in [9.17, 15) is 13.2 Å². The van der Waals surface area contributed by atoms with E-state index in [1.807, 2.05) is 6.07 Å². The minimum atomic E-state index is -4.49. The highest BCUT2D eigenvalue weighted by Gasteiger charge is 2.36. The van der Waals surface area contributed by atoms with Gasteiger partial charge in [-0.05, 0) is 11.6 Å². The van der Waals surface area contributed by atoms with E-state index in [-0.39, 0.29) is 12.0 Å². The van der Waals surface area contributed by atoms with Crippen molar-refractivity contribution < 1.29 is 13.2 Å². The van der Waals surface area contributed by atoms with Crippen LogP contribution in [0.15, 0.2) is 30.5 Å². The van der Waals surface area contributed by atoms with Crippen LogP contribution in [0, 0.1) is 11.3 Å². The number of rotatable bonds is 2. The summed E-state index contributed by atoms with van der Waals surface area (Å²) in [5, 5.41) is 12.4. The van der Waals surface area contributed by atoms with Gasteiger partial charge in [-0.3, -0.25) is 4.68 Å². The highest BCUT2D eigenvalue weighted by Crippen LogP contribution is 2.31. The fourth-order valence-electron chi connectivity index (χ4n) is 1.89. The van der Waals surface area contributed by atoms with Crippen LogP contribution in [-0.2, 0) is 19.6 Å². The van der Waals surface area contributed by atoms with E-state index in [1.165, 1.54) is 13.2 Å². The Bertz CT molecular complexity index is 635. The molecule has 0 unspecified atom stereocenters. The molecule has 0 aliphatic carbocycles. The molecular weight excluding hydrogens is 255 g/mol. The molecule has 1 aromatic carbocycles. The van der Waals surface area contributed by atoms with Crippen molar-refractivity contribution in [3.63, 3.8) is 0 Å². The Morgan fingerprint density at radius 2 is 1.95 bits per heavy atom. The van der Waals surface area contributed by atoms with E-state index in [0.717, 1.165) is 4.68 Å². The number of hydrogen-bond acceptors (Lipinski definition) is 2. The van der Waals surface area contributed by atoms with Gasteiger partial charge in [-0.25, -0.2) is 0 Å². The molecule has 2 aromatic rings. The summed E-state index contributed by atoms with van der Waals surface area (Å²) in [6.45, 7) is 0. The molecule has 1 aromatic heterocycles. The monoisotopic (exact) mass is 265 g/mol. The molecular formula is C13H10F3N3. The van der Waals surface area contributed by atoms with Gasteiger partial charge >= 0.3 is 6.18 Å². The van der Waals surface area contributed by atoms with E-state index in [0.29, 0.717) is 11.1 Å². The van der Waals surface area contributed by atoms with Gasteiger partial charge in [0.2, 0.25) is 0 Å². The minimum absolute atomic E-state index is 0.0341. The number of aryl methyl sites for hydroxylation is 1. The molecule has 0 N–H and O–H groups in total. The van der Waals surface area contributed by atoms with Crippen LogP contribution in [0.1, 0.15) is 22.4 Å². The zero-order valence-corrected chi connectivity index (χ0v) is 10.1. The molecule has 1 heterocycles. The van der Waals surface area contributed by atoms with Crippen molar-refractivity contribution in [2.24, 2.45) is 7.05 Å². The van der Waals surface area contributed by atoms with E-state index >= 15 is 0 Å². The van der Waals surface area contributed by atoms with E-state index < -0.39 is 11.9 Å². The van der Waals surface area contributed by atoms with Gasteiger partial charge in [-0.15, -0.1) is 0 Å². The van der Waals surface area contributed by atoms with E-state index in [2.05, 4.69) is 5.10 Å². The summed E-state index contributed by atoms with van der Waals surface area (Å²) in [5.74, 6) is 0. The molecule has 0 saturated carbocycles. The van der Waals surface area contributed by atoms with Gasteiger partial charge in [0.25, 0.3) is 0 Å². The first-order valence-electron chi connectivity index (χ1n) is 5.49. The second kappa shape index (κ2) is 4.76. The predicted molar refractivity (Wildman–Crippen MR) is 62.2 cm³/mol. The Morgan fingerprint density at radius 1 is 1.26 bits per heavy atom. The van der Waals surface area contributed by atoms with Crippen molar-refractivity contribution in [2.45, 2.75) is 12.6 Å². The molecule has 98 valence electrons. The molecule has 0 amide bonds. The number of hydrogen-bond donors (Lipinski definition) is 0. The fraction of sp³-hybridized carbons (Fsp3) is 0.231. The maximum Gasteiger partial charge on any atom is 0.435 e. The molecule has 3 nitrogen and oxygen atoms in total. The molecule has 0 aliphatic heterocycles. The number of halogens is 3. The molecule has 19 heavy (non-hydrogen) atoms. The van der Waals surface area contributed by atoms with Crippen LogP contribution in [0.4, 0.5) is 13.2 Å². The van der Waals surface area contributed by atoms with Crippen molar-refractivity contribution in [3.05, 3.63) is 52.8 Å². The van der Waals surface area contributed by atoms with Gasteiger partial charge in [0.05, 0.1) is 11.6 Å². The number of nitriles is 1. The summed E-state index contributed by atoms with van der Waals surface area (Å²) in [4.78, 5) is 0. The number of benzene rings is 1. The second-order valence-corrected chi connectivity index (χ2v) is 4.12. The van der Waals surface area contributed by atoms with Crippen LogP contribution in [0.2, 0.25) is 0 Å². The molecule has 2 rings (SSSR count). The topological polar surface area (TPSA) is 41.6 Å². The zero-order chi connectivity index (χ0) is 14.0. The Hall–Kier alpha value is -2.29. The minimum Gasteiger partial charge on any atom is -0.275 e. The molecule has 0 aliphatic rings. The lowest BCUT2D eigenvalue weighted by Crippen LogP contribution is -2.10. The molecule has 0 spiro atoms. The third-order valence-electron chi connectivity index (χ3n) is 2.69. The summed E-state index contributed by atoms with van der Waals surface area (Å²) < 4.78 is 39.6. The van der Waals surface area contributed by atoms with Crippen molar-refractivity contribution in [2.75, 3.05) is 0 Å². The second-order valence-electron chi connectivity index (χ2n) is 4.12. The first kappa shape index (κ1) is 13.1. The Kier molecular flexibility index (Phi) is 3.30. The average molecular weight is 265 g/mol. The Balaban J connectivity index is 2.42. The first-order valence-corrected chi connectivity index (χ1v) is 5.49. The van der Waals surface area contributed by atoms with Crippen LogP contribution >= 0.6 is 0 Å². The van der Waals surface area contributed by atoms with Gasteiger partial charge in [-0.2, -0.15) is 23.5 Å². The quantitative estimate of drug-likeness (QED) is 0.837. The van der Waals surface area contributed by atoms with Crippen molar-refractivity contribution in [1.29, 1.82) is 5.26 Å². The standard InChI is InChI=1S/C13H10F3N3/c1-19-8-11(12(18-19)13(14,15)16)6-9-4-2-3-5-10(9)7-17/h2-5,8H,6H2,1H3. The Labute approximate surface area is 107 Å². The smallest absolute Gasteiger partial charge is 0.275 e. The number of alkyl halides is 3. The number of nitrogens with zero attached hydrogens (tertiary/aromatic N) is 3. The van der Waals surface area contributed by atoms with Crippen molar-refractivity contribution >= 4 is 0 Å². The van der Waals surface area contributed by atoms with Gasteiger partial charge in [0.15, 0.2) is 5.69 Å². The zero-order valence-electron chi connectivity index (χ0n) is 10.1. The summed E-state index contributed by atoms with van der Waals surface area (Å²) in [6, 6.07) is 8.57. The lowest BCUT2D eigenvalue weighted by Gasteiger charge is -2.07. The lowest BCUT2D eigenvalue weighted by molar-refractivity contribution is -0.142. The predicted octanol–water partition coefficient (Wildman–Crippen LogP) is 2.90. The van der Waals surface area contributed by atoms with Crippen LogP contribution in [0.5, 0.6) is 0 Å². The van der Waals surface area contributed by atoms with Crippen LogP contribution in [0.3, 0.4) is 0 Å². The molecule has 0 bridgehead atoms. The largest absolute Gasteiger partial charge is 0.435 e. The molecule has 0 fully saturated rings. The third-order valence-corrected chi connectivity index (χ3v) is 2.69. The van der Waals surface area contributed by atoms with Crippen molar-refractivity contribution in [1.82, 2.24) is 9.78 Å². The van der Waals surface area contributed by atoms with Crippen LogP contribution < -0.4 is 0 Å². The average Bonchev–Trinajstić information content (AvgIpc) is 2.71. The van der Waals surface area contributed by atoms with E-state index in [4.69, 9.17) is 5.26 Å². The fourth-order valence-corrected chi connectivity index (χ4v) is 1.89. The van der Waals surface area contributed by atoms with Gasteiger partial charge in [-0.1, -0.05) is 18.2 Å². The highest BCUT2D eigenvalue weighted by atomic mass is 19.4. The first-order chi connectivity index (χ1) is 8.91. The van der Waals surface area contributed by atoms with Gasteiger partial charge in [0, 0.05) is 25.2 Å². The summed E-state index contributed by atoms with van der Waals surface area (Å²) in [5.41, 5.74) is 0.100. The lowest BCUT2D eigenvalue weighted by atomic mass is 10.0. The number of aromatic nitrogens is 2. The summed E-state index contributed by atoms with van der Waals surface area (Å²) in [7, 11) is 1.44. The van der Waals surface area contributed by atoms with Crippen LogP contribution in [0.25, 0.3) is 0 Å². The van der Waals surface area contributed by atoms with Crippen LogP contribution in [-0.4, -0.2) is 9.78 Å².